The van der Waals surface area contributed by atoms with Gasteiger partial charge in [-0.2, -0.15) is 0 Å². The molecule has 0 aliphatic heterocycles. The SMILES string of the molecule is C[C@@H](OC(=O)/C=C/c1cccs1)C(=O)Nc1ccc(Cl)cn1. The van der Waals surface area contributed by atoms with Crippen LogP contribution < -0.4 is 5.32 Å². The van der Waals surface area contributed by atoms with Crippen LogP contribution >= 0.6 is 22.9 Å². The highest BCUT2D eigenvalue weighted by molar-refractivity contribution is 7.10. The molecule has 22 heavy (non-hydrogen) atoms. The maximum Gasteiger partial charge on any atom is 0.331 e. The van der Waals surface area contributed by atoms with E-state index in [1.165, 1.54) is 30.5 Å². The minimum Gasteiger partial charge on any atom is -0.449 e. The van der Waals surface area contributed by atoms with Gasteiger partial charge in [0.05, 0.1) is 5.02 Å². The molecule has 7 heteroatoms. The summed E-state index contributed by atoms with van der Waals surface area (Å²) in [4.78, 5) is 28.4. The van der Waals surface area contributed by atoms with E-state index < -0.39 is 18.0 Å². The van der Waals surface area contributed by atoms with Gasteiger partial charge < -0.3 is 10.1 Å². The number of anilines is 1. The second-order valence-corrected chi connectivity index (χ2v) is 5.69. The fraction of sp³-hybridized carbons (Fsp3) is 0.133. The number of esters is 1. The molecule has 0 spiro atoms. The lowest BCUT2D eigenvalue weighted by Crippen LogP contribution is -2.29. The topological polar surface area (TPSA) is 68.3 Å². The lowest BCUT2D eigenvalue weighted by Gasteiger charge is -2.11. The molecule has 0 radical (unpaired) electrons. The second-order valence-electron chi connectivity index (χ2n) is 4.28. The van der Waals surface area contributed by atoms with Crippen LogP contribution in [0.25, 0.3) is 6.08 Å². The van der Waals surface area contributed by atoms with Gasteiger partial charge in [0.1, 0.15) is 5.82 Å². The summed E-state index contributed by atoms with van der Waals surface area (Å²) in [7, 11) is 0. The number of hydrogen-bond acceptors (Lipinski definition) is 5. The van der Waals surface area contributed by atoms with Crippen molar-refractivity contribution in [3.05, 3.63) is 51.8 Å². The molecule has 0 aliphatic carbocycles. The smallest absolute Gasteiger partial charge is 0.331 e. The molecule has 5 nitrogen and oxygen atoms in total. The average Bonchev–Trinajstić information content (AvgIpc) is 3.01. The maximum absolute atomic E-state index is 11.9. The van der Waals surface area contributed by atoms with E-state index in [1.54, 1.807) is 18.2 Å². The summed E-state index contributed by atoms with van der Waals surface area (Å²) < 4.78 is 5.02. The molecular weight excluding hydrogens is 324 g/mol. The van der Waals surface area contributed by atoms with Crippen molar-refractivity contribution in [3.8, 4) is 0 Å². The second kappa shape index (κ2) is 7.72. The van der Waals surface area contributed by atoms with Crippen molar-refractivity contribution in [1.82, 2.24) is 4.98 Å². The Balaban J connectivity index is 1.85. The van der Waals surface area contributed by atoms with Crippen molar-refractivity contribution in [2.24, 2.45) is 0 Å². The first-order chi connectivity index (χ1) is 10.5. The molecule has 114 valence electrons. The molecule has 1 amide bonds. The first kappa shape index (κ1) is 16.2. The van der Waals surface area contributed by atoms with Crippen molar-refractivity contribution < 1.29 is 14.3 Å². The highest BCUT2D eigenvalue weighted by Crippen LogP contribution is 2.11. The third-order valence-electron chi connectivity index (χ3n) is 2.57. The van der Waals surface area contributed by atoms with Gasteiger partial charge >= 0.3 is 5.97 Å². The Morgan fingerprint density at radius 1 is 1.41 bits per heavy atom. The third kappa shape index (κ3) is 4.98. The van der Waals surface area contributed by atoms with Crippen molar-refractivity contribution in [2.75, 3.05) is 5.32 Å². The lowest BCUT2D eigenvalue weighted by atomic mass is 10.3. The summed E-state index contributed by atoms with van der Waals surface area (Å²) in [5.74, 6) is -0.709. The highest BCUT2D eigenvalue weighted by atomic mass is 35.5. The van der Waals surface area contributed by atoms with Gasteiger partial charge in [-0.1, -0.05) is 17.7 Å². The third-order valence-corrected chi connectivity index (χ3v) is 3.63. The first-order valence-corrected chi connectivity index (χ1v) is 7.65. The van der Waals surface area contributed by atoms with Crippen LogP contribution in [-0.2, 0) is 14.3 Å². The zero-order chi connectivity index (χ0) is 15.9. The quantitative estimate of drug-likeness (QED) is 0.671. The number of nitrogens with one attached hydrogen (secondary N) is 1. The van der Waals surface area contributed by atoms with E-state index in [9.17, 15) is 9.59 Å². The zero-order valence-electron chi connectivity index (χ0n) is 11.7. The van der Waals surface area contributed by atoms with Crippen LogP contribution in [0.2, 0.25) is 5.02 Å². The standard InChI is InChI=1S/C15H13ClN2O3S/c1-10(15(20)18-13-6-4-11(16)9-17-13)21-14(19)7-5-12-3-2-8-22-12/h2-10H,1H3,(H,17,18,20)/b7-5+/t10-/m1/s1. The van der Waals surface area contributed by atoms with Gasteiger partial charge in [-0.05, 0) is 36.6 Å². The maximum atomic E-state index is 11.9. The molecule has 0 aliphatic rings. The Labute approximate surface area is 136 Å². The number of nitrogens with zero attached hydrogens (tertiary/aromatic N) is 1. The zero-order valence-corrected chi connectivity index (χ0v) is 13.2. The minimum absolute atomic E-state index is 0.339. The molecule has 1 N–H and O–H groups in total. The van der Waals surface area contributed by atoms with Crippen molar-refractivity contribution in [1.29, 1.82) is 0 Å². The molecule has 0 fully saturated rings. The summed E-state index contributed by atoms with van der Waals surface area (Å²) in [5, 5.41) is 4.91. The number of amides is 1. The number of ether oxygens (including phenoxy) is 1. The van der Waals surface area contributed by atoms with Crippen LogP contribution in [0.4, 0.5) is 5.82 Å². The Morgan fingerprint density at radius 2 is 2.23 bits per heavy atom. The molecule has 0 aromatic carbocycles. The molecule has 0 unspecified atom stereocenters. The number of thiophene rings is 1. The number of halogens is 1. The van der Waals surface area contributed by atoms with E-state index in [0.29, 0.717) is 10.8 Å². The molecule has 0 bridgehead atoms. The lowest BCUT2D eigenvalue weighted by molar-refractivity contribution is -0.148. The van der Waals surface area contributed by atoms with Gasteiger partial charge in [0.2, 0.25) is 0 Å². The number of carbonyl (C=O) groups excluding carboxylic acids is 2. The Bertz CT molecular complexity index is 669. The molecule has 0 saturated heterocycles. The van der Waals surface area contributed by atoms with Crippen LogP contribution in [0.3, 0.4) is 0 Å². The van der Waals surface area contributed by atoms with E-state index in [2.05, 4.69) is 10.3 Å². The van der Waals surface area contributed by atoms with Crippen LogP contribution in [0, 0.1) is 0 Å². The molecular formula is C15H13ClN2O3S. The van der Waals surface area contributed by atoms with Crippen molar-refractivity contribution in [3.63, 3.8) is 0 Å². The van der Waals surface area contributed by atoms with Gasteiger partial charge in [-0.25, -0.2) is 9.78 Å². The van der Waals surface area contributed by atoms with Crippen molar-refractivity contribution in [2.45, 2.75) is 13.0 Å². The Morgan fingerprint density at radius 3 is 2.86 bits per heavy atom. The molecule has 2 aromatic rings. The number of hydrogen-bond donors (Lipinski definition) is 1. The highest BCUT2D eigenvalue weighted by Gasteiger charge is 2.17. The van der Waals surface area contributed by atoms with E-state index in [-0.39, 0.29) is 0 Å². The van der Waals surface area contributed by atoms with Crippen LogP contribution in [0.5, 0.6) is 0 Å². The number of carbonyl (C=O) groups is 2. The van der Waals surface area contributed by atoms with Crippen LogP contribution in [0.15, 0.2) is 41.9 Å². The fourth-order valence-corrected chi connectivity index (χ4v) is 2.21. The summed E-state index contributed by atoms with van der Waals surface area (Å²) in [6, 6.07) is 6.91. The van der Waals surface area contributed by atoms with Crippen molar-refractivity contribution >= 4 is 46.7 Å². The Hall–Kier alpha value is -2.18. The summed E-state index contributed by atoms with van der Waals surface area (Å²) in [5.41, 5.74) is 0. The molecule has 0 saturated carbocycles. The summed E-state index contributed by atoms with van der Waals surface area (Å²) >= 11 is 7.21. The van der Waals surface area contributed by atoms with Gasteiger partial charge in [-0.3, -0.25) is 4.79 Å². The van der Waals surface area contributed by atoms with Gasteiger partial charge in [-0.15, -0.1) is 11.3 Å². The molecule has 2 aromatic heterocycles. The minimum atomic E-state index is -0.932. The number of aromatic nitrogens is 1. The number of rotatable bonds is 5. The summed E-state index contributed by atoms with van der Waals surface area (Å²) in [6.07, 6.45) is 3.41. The van der Waals surface area contributed by atoms with Gasteiger partial charge in [0, 0.05) is 17.2 Å². The molecule has 2 rings (SSSR count). The summed E-state index contributed by atoms with van der Waals surface area (Å²) in [6.45, 7) is 1.49. The molecule has 2 heterocycles. The first-order valence-electron chi connectivity index (χ1n) is 6.39. The average molecular weight is 337 g/mol. The molecule has 1 atom stereocenters. The van der Waals surface area contributed by atoms with Gasteiger partial charge in [0.15, 0.2) is 6.10 Å². The van der Waals surface area contributed by atoms with E-state index in [4.69, 9.17) is 16.3 Å². The normalized spacial score (nSPS) is 12.1. The van der Waals surface area contributed by atoms with Crippen LogP contribution in [0.1, 0.15) is 11.8 Å². The van der Waals surface area contributed by atoms with E-state index >= 15 is 0 Å². The van der Waals surface area contributed by atoms with Gasteiger partial charge in [0.25, 0.3) is 5.91 Å². The van der Waals surface area contributed by atoms with E-state index in [0.717, 1.165) is 4.88 Å². The Kier molecular flexibility index (Phi) is 5.68. The predicted octanol–water partition coefficient (Wildman–Crippen LogP) is 3.38. The monoisotopic (exact) mass is 336 g/mol. The largest absolute Gasteiger partial charge is 0.449 e. The van der Waals surface area contributed by atoms with Crippen LogP contribution in [-0.4, -0.2) is 23.0 Å². The van der Waals surface area contributed by atoms with E-state index in [1.807, 2.05) is 17.5 Å². The predicted molar refractivity (Wildman–Crippen MR) is 86.8 cm³/mol. The fourth-order valence-electron chi connectivity index (χ4n) is 1.48. The number of pyridine rings is 1.